The largest absolute Gasteiger partial charge is 0.314 e. The molecule has 1 aromatic rings. The molecular weight excluding hydrogens is 240 g/mol. The van der Waals surface area contributed by atoms with Crippen LogP contribution in [-0.2, 0) is 0 Å². The van der Waals surface area contributed by atoms with Crippen LogP contribution in [0.5, 0.6) is 0 Å². The molecule has 2 rings (SSSR count). The Bertz CT molecular complexity index is 336. The molecule has 0 aromatic carbocycles. The molecule has 1 N–H and O–H groups in total. The van der Waals surface area contributed by atoms with E-state index in [-0.39, 0.29) is 0 Å². The monoisotopic (exact) mass is 266 g/mol. The second-order valence-corrected chi connectivity index (χ2v) is 6.34. The van der Waals surface area contributed by atoms with E-state index in [0.717, 1.165) is 12.5 Å². The summed E-state index contributed by atoms with van der Waals surface area (Å²) < 4.78 is 0. The molecule has 0 saturated carbocycles. The quantitative estimate of drug-likeness (QED) is 0.877. The van der Waals surface area contributed by atoms with E-state index in [4.69, 9.17) is 0 Å². The minimum Gasteiger partial charge on any atom is -0.314 e. The number of hydrogen-bond acceptors (Lipinski definition) is 3. The maximum atomic E-state index is 3.62. The van der Waals surface area contributed by atoms with Crippen LogP contribution in [0, 0.1) is 5.92 Å². The molecule has 18 heavy (non-hydrogen) atoms. The molecule has 3 unspecified atom stereocenters. The molecule has 3 atom stereocenters. The van der Waals surface area contributed by atoms with Crippen molar-refractivity contribution >= 4 is 11.3 Å². The Morgan fingerprint density at radius 2 is 2.33 bits per heavy atom. The van der Waals surface area contributed by atoms with Crippen molar-refractivity contribution < 1.29 is 0 Å². The predicted octanol–water partition coefficient (Wildman–Crippen LogP) is 3.52. The van der Waals surface area contributed by atoms with Crippen LogP contribution in [0.3, 0.4) is 0 Å². The fraction of sp³-hybridized carbons (Fsp3) is 0.733. The summed E-state index contributed by atoms with van der Waals surface area (Å²) in [5.74, 6) is 0.757. The normalized spacial score (nSPS) is 27.3. The van der Waals surface area contributed by atoms with Crippen LogP contribution in [0.4, 0.5) is 0 Å². The highest BCUT2D eigenvalue weighted by Gasteiger charge is 2.29. The van der Waals surface area contributed by atoms with Crippen LogP contribution in [0.1, 0.15) is 44.5 Å². The van der Waals surface area contributed by atoms with Gasteiger partial charge in [0.05, 0.1) is 0 Å². The average Bonchev–Trinajstić information content (AvgIpc) is 2.87. The van der Waals surface area contributed by atoms with Crippen molar-refractivity contribution in [2.45, 2.75) is 45.7 Å². The van der Waals surface area contributed by atoms with Crippen LogP contribution in [-0.4, -0.2) is 30.6 Å². The van der Waals surface area contributed by atoms with Gasteiger partial charge in [0.15, 0.2) is 0 Å². The molecule has 2 heterocycles. The van der Waals surface area contributed by atoms with E-state index < -0.39 is 0 Å². The number of thiophene rings is 1. The molecule has 102 valence electrons. The predicted molar refractivity (Wildman–Crippen MR) is 80.2 cm³/mol. The van der Waals surface area contributed by atoms with Gasteiger partial charge in [-0.25, -0.2) is 0 Å². The highest BCUT2D eigenvalue weighted by Crippen LogP contribution is 2.31. The summed E-state index contributed by atoms with van der Waals surface area (Å²) in [6.07, 6.45) is 2.51. The molecule has 0 amide bonds. The smallest absolute Gasteiger partial charge is 0.0439 e. The average molecular weight is 266 g/mol. The first kappa shape index (κ1) is 14.0. The number of nitrogens with one attached hydrogen (secondary N) is 1. The van der Waals surface area contributed by atoms with E-state index in [1.807, 2.05) is 11.3 Å². The lowest BCUT2D eigenvalue weighted by Crippen LogP contribution is -2.49. The number of likely N-dealkylation sites (tertiary alicyclic amines) is 1. The van der Waals surface area contributed by atoms with E-state index in [1.165, 1.54) is 30.8 Å². The van der Waals surface area contributed by atoms with Crippen LogP contribution < -0.4 is 5.32 Å². The van der Waals surface area contributed by atoms with Gasteiger partial charge >= 0.3 is 0 Å². The molecule has 1 fully saturated rings. The van der Waals surface area contributed by atoms with E-state index in [0.29, 0.717) is 12.1 Å². The van der Waals surface area contributed by atoms with Gasteiger partial charge in [0.1, 0.15) is 0 Å². The Morgan fingerprint density at radius 1 is 1.50 bits per heavy atom. The minimum atomic E-state index is 0.634. The van der Waals surface area contributed by atoms with Crippen LogP contribution in [0.2, 0.25) is 0 Å². The molecule has 3 heteroatoms. The van der Waals surface area contributed by atoms with Crippen molar-refractivity contribution in [2.24, 2.45) is 5.92 Å². The van der Waals surface area contributed by atoms with Crippen molar-refractivity contribution in [3.05, 3.63) is 22.4 Å². The lowest BCUT2D eigenvalue weighted by molar-refractivity contribution is 0.103. The Hall–Kier alpha value is -0.380. The van der Waals surface area contributed by atoms with Gasteiger partial charge in [0.2, 0.25) is 0 Å². The van der Waals surface area contributed by atoms with E-state index in [9.17, 15) is 0 Å². The SMILES string of the molecule is CCNC1CCN(C(CC)c2cccs2)CC1C. The number of rotatable bonds is 5. The molecule has 1 saturated heterocycles. The zero-order valence-electron chi connectivity index (χ0n) is 11.9. The lowest BCUT2D eigenvalue weighted by Gasteiger charge is -2.41. The molecule has 1 aromatic heterocycles. The van der Waals surface area contributed by atoms with Crippen molar-refractivity contribution in [1.29, 1.82) is 0 Å². The molecular formula is C15H26N2S. The highest BCUT2D eigenvalue weighted by molar-refractivity contribution is 7.10. The van der Waals surface area contributed by atoms with Gasteiger partial charge in [-0.15, -0.1) is 11.3 Å². The minimum absolute atomic E-state index is 0.634. The first-order valence-corrected chi connectivity index (χ1v) is 8.15. The molecule has 1 aliphatic heterocycles. The summed E-state index contributed by atoms with van der Waals surface area (Å²) in [6.45, 7) is 10.5. The second kappa shape index (κ2) is 6.69. The summed E-state index contributed by atoms with van der Waals surface area (Å²) in [4.78, 5) is 4.22. The summed E-state index contributed by atoms with van der Waals surface area (Å²) in [5, 5.41) is 5.82. The molecule has 0 radical (unpaired) electrons. The third-order valence-electron chi connectivity index (χ3n) is 4.10. The number of piperidine rings is 1. The van der Waals surface area contributed by atoms with Crippen molar-refractivity contribution in [3.63, 3.8) is 0 Å². The van der Waals surface area contributed by atoms with Crippen LogP contribution in [0.25, 0.3) is 0 Å². The first-order valence-electron chi connectivity index (χ1n) is 7.27. The van der Waals surface area contributed by atoms with Crippen molar-refractivity contribution in [1.82, 2.24) is 10.2 Å². The molecule has 2 nitrogen and oxygen atoms in total. The van der Waals surface area contributed by atoms with Crippen LogP contribution >= 0.6 is 11.3 Å². The zero-order valence-corrected chi connectivity index (χ0v) is 12.7. The zero-order chi connectivity index (χ0) is 13.0. The topological polar surface area (TPSA) is 15.3 Å². The van der Waals surface area contributed by atoms with Gasteiger partial charge in [0, 0.05) is 30.1 Å². The van der Waals surface area contributed by atoms with Gasteiger partial charge in [0.25, 0.3) is 0 Å². The van der Waals surface area contributed by atoms with Gasteiger partial charge in [-0.05, 0) is 36.8 Å². The third kappa shape index (κ3) is 3.14. The summed E-state index contributed by atoms with van der Waals surface area (Å²) in [7, 11) is 0. The van der Waals surface area contributed by atoms with E-state index >= 15 is 0 Å². The fourth-order valence-electron chi connectivity index (χ4n) is 3.15. The van der Waals surface area contributed by atoms with E-state index in [1.54, 1.807) is 0 Å². The van der Waals surface area contributed by atoms with Gasteiger partial charge < -0.3 is 5.32 Å². The number of nitrogens with zero attached hydrogens (tertiary/aromatic N) is 1. The Morgan fingerprint density at radius 3 is 2.89 bits per heavy atom. The highest BCUT2D eigenvalue weighted by atomic mass is 32.1. The fourth-order valence-corrected chi connectivity index (χ4v) is 4.09. The summed E-state index contributed by atoms with van der Waals surface area (Å²) in [5.41, 5.74) is 0. The second-order valence-electron chi connectivity index (χ2n) is 5.36. The van der Waals surface area contributed by atoms with Gasteiger partial charge in [-0.3, -0.25) is 4.90 Å². The third-order valence-corrected chi connectivity index (χ3v) is 5.08. The standard InChI is InChI=1S/C15H26N2S/c1-4-14(15-7-6-10-18-15)17-9-8-13(16-5-2)12(3)11-17/h6-7,10,12-14,16H,4-5,8-9,11H2,1-3H3. The first-order chi connectivity index (χ1) is 8.76. The summed E-state index contributed by atoms with van der Waals surface area (Å²) >= 11 is 1.90. The maximum absolute atomic E-state index is 3.62. The van der Waals surface area contributed by atoms with E-state index in [2.05, 4.69) is 48.5 Å². The Kier molecular flexibility index (Phi) is 5.22. The van der Waals surface area contributed by atoms with Gasteiger partial charge in [-0.1, -0.05) is 26.8 Å². The summed E-state index contributed by atoms with van der Waals surface area (Å²) in [6, 6.07) is 5.82. The molecule has 0 spiro atoms. The number of hydrogen-bond donors (Lipinski definition) is 1. The van der Waals surface area contributed by atoms with Crippen molar-refractivity contribution in [3.8, 4) is 0 Å². The molecule has 0 aliphatic carbocycles. The van der Waals surface area contributed by atoms with Crippen molar-refractivity contribution in [2.75, 3.05) is 19.6 Å². The Balaban J connectivity index is 1.98. The van der Waals surface area contributed by atoms with Gasteiger partial charge in [-0.2, -0.15) is 0 Å². The molecule has 0 bridgehead atoms. The Labute approximate surface area is 115 Å². The van der Waals surface area contributed by atoms with Crippen LogP contribution in [0.15, 0.2) is 17.5 Å². The maximum Gasteiger partial charge on any atom is 0.0439 e. The lowest BCUT2D eigenvalue weighted by atomic mass is 9.92. The molecule has 1 aliphatic rings.